The van der Waals surface area contributed by atoms with Crippen LogP contribution in [0.2, 0.25) is 0 Å². The third-order valence-electron chi connectivity index (χ3n) is 3.89. The molecule has 0 bridgehead atoms. The molecule has 0 saturated heterocycles. The zero-order valence-corrected chi connectivity index (χ0v) is 14.6. The van der Waals surface area contributed by atoms with Crippen molar-refractivity contribution in [3.8, 4) is 5.75 Å². The molecule has 0 aliphatic rings. The van der Waals surface area contributed by atoms with E-state index in [0.717, 1.165) is 0 Å². The van der Waals surface area contributed by atoms with E-state index in [2.05, 4.69) is 15.3 Å². The van der Waals surface area contributed by atoms with E-state index in [1.807, 2.05) is 6.07 Å². The Labute approximate surface area is 149 Å². The molecule has 2 N–H and O–H groups in total. The van der Waals surface area contributed by atoms with Crippen LogP contribution in [-0.4, -0.2) is 38.1 Å². The van der Waals surface area contributed by atoms with Crippen LogP contribution < -0.4 is 5.32 Å². The van der Waals surface area contributed by atoms with Crippen LogP contribution in [0.5, 0.6) is 5.75 Å². The van der Waals surface area contributed by atoms with Gasteiger partial charge in [-0.1, -0.05) is 18.2 Å². The van der Waals surface area contributed by atoms with Crippen molar-refractivity contribution in [3.63, 3.8) is 0 Å². The number of carbonyl (C=O) groups excluding carboxylic acids is 2. The van der Waals surface area contributed by atoms with Crippen LogP contribution in [0.25, 0.3) is 11.2 Å². The van der Waals surface area contributed by atoms with E-state index in [-0.39, 0.29) is 35.3 Å². The molecule has 0 fully saturated rings. The summed E-state index contributed by atoms with van der Waals surface area (Å²) in [6.07, 6.45) is 0. The summed E-state index contributed by atoms with van der Waals surface area (Å²) >= 11 is 0. The molecule has 26 heavy (non-hydrogen) atoms. The number of nitrogens with one attached hydrogen (secondary N) is 1. The molecule has 2 aromatic heterocycles. The maximum Gasteiger partial charge on any atom is 0.358 e. The van der Waals surface area contributed by atoms with Crippen molar-refractivity contribution in [2.75, 3.05) is 11.9 Å². The number of aryl methyl sites for hydroxylation is 2. The predicted molar refractivity (Wildman–Crippen MR) is 95.3 cm³/mol. The Bertz CT molecular complexity index is 996. The molecule has 0 unspecified atom stereocenters. The first-order valence-corrected chi connectivity index (χ1v) is 8.03. The first kappa shape index (κ1) is 17.4. The molecule has 0 saturated carbocycles. The van der Waals surface area contributed by atoms with E-state index in [1.54, 1.807) is 45.2 Å². The van der Waals surface area contributed by atoms with Gasteiger partial charge in [0.1, 0.15) is 0 Å². The lowest BCUT2D eigenvalue weighted by atomic mass is 10.2. The van der Waals surface area contributed by atoms with Crippen LogP contribution in [0.4, 0.5) is 5.82 Å². The number of aromatic hydroxyl groups is 1. The molecule has 8 nitrogen and oxygen atoms in total. The van der Waals surface area contributed by atoms with Gasteiger partial charge in [0.25, 0.3) is 5.91 Å². The predicted octanol–water partition coefficient (Wildman–Crippen LogP) is 2.41. The summed E-state index contributed by atoms with van der Waals surface area (Å²) in [4.78, 5) is 33.0. The van der Waals surface area contributed by atoms with Gasteiger partial charge >= 0.3 is 5.97 Å². The second-order valence-electron chi connectivity index (χ2n) is 5.63. The van der Waals surface area contributed by atoms with Gasteiger partial charge in [-0.05, 0) is 26.0 Å². The molecule has 0 atom stereocenters. The van der Waals surface area contributed by atoms with Crippen molar-refractivity contribution in [1.29, 1.82) is 0 Å². The van der Waals surface area contributed by atoms with E-state index in [1.165, 1.54) is 4.57 Å². The van der Waals surface area contributed by atoms with Gasteiger partial charge < -0.3 is 19.7 Å². The molecule has 3 rings (SSSR count). The molecule has 8 heteroatoms. The van der Waals surface area contributed by atoms with Gasteiger partial charge in [-0.3, -0.25) is 4.79 Å². The highest BCUT2D eigenvalue weighted by atomic mass is 16.5. The number of fused-ring (bicyclic) bond motifs is 1. The smallest absolute Gasteiger partial charge is 0.358 e. The van der Waals surface area contributed by atoms with Crippen molar-refractivity contribution in [3.05, 3.63) is 47.3 Å². The van der Waals surface area contributed by atoms with Crippen molar-refractivity contribution in [2.45, 2.75) is 13.8 Å². The van der Waals surface area contributed by atoms with Crippen molar-refractivity contribution < 1.29 is 19.4 Å². The molecule has 0 radical (unpaired) electrons. The van der Waals surface area contributed by atoms with Gasteiger partial charge in [-0.15, -0.1) is 0 Å². The average Bonchev–Trinajstić information content (AvgIpc) is 2.86. The molecule has 134 valence electrons. The Morgan fingerprint density at radius 1 is 1.23 bits per heavy atom. The number of nitrogens with zero attached hydrogens (tertiary/aromatic N) is 3. The number of aromatic nitrogens is 3. The quantitative estimate of drug-likeness (QED) is 0.697. The van der Waals surface area contributed by atoms with Crippen LogP contribution >= 0.6 is 0 Å². The van der Waals surface area contributed by atoms with Gasteiger partial charge in [-0.2, -0.15) is 0 Å². The lowest BCUT2D eigenvalue weighted by Crippen LogP contribution is -2.14. The SMILES string of the molecule is CCOC(=O)c1c(O)c2nc(NC(=O)c3ccccc3)c(C)nc2n1C. The first-order chi connectivity index (χ1) is 12.4. The number of esters is 1. The molecular formula is C18H18N4O4. The molecule has 1 amide bonds. The third-order valence-corrected chi connectivity index (χ3v) is 3.89. The summed E-state index contributed by atoms with van der Waals surface area (Å²) in [5.41, 5.74) is 1.33. The summed E-state index contributed by atoms with van der Waals surface area (Å²) in [6.45, 7) is 3.54. The van der Waals surface area contributed by atoms with E-state index >= 15 is 0 Å². The average molecular weight is 354 g/mol. The van der Waals surface area contributed by atoms with Crippen LogP contribution in [-0.2, 0) is 11.8 Å². The Kier molecular flexibility index (Phi) is 4.57. The van der Waals surface area contributed by atoms with Crippen molar-refractivity contribution in [1.82, 2.24) is 14.5 Å². The molecular weight excluding hydrogens is 336 g/mol. The molecule has 0 spiro atoms. The highest BCUT2D eigenvalue weighted by Crippen LogP contribution is 2.31. The zero-order valence-electron chi connectivity index (χ0n) is 14.6. The highest BCUT2D eigenvalue weighted by Gasteiger charge is 2.25. The number of amides is 1. The Morgan fingerprint density at radius 2 is 1.92 bits per heavy atom. The first-order valence-electron chi connectivity index (χ1n) is 8.03. The number of anilines is 1. The normalized spacial score (nSPS) is 10.7. The fourth-order valence-corrected chi connectivity index (χ4v) is 2.60. The largest absolute Gasteiger partial charge is 0.504 e. The van der Waals surface area contributed by atoms with Gasteiger partial charge in [-0.25, -0.2) is 14.8 Å². The van der Waals surface area contributed by atoms with Gasteiger partial charge in [0.05, 0.1) is 12.3 Å². The summed E-state index contributed by atoms with van der Waals surface area (Å²) in [5.74, 6) is -1.13. The Balaban J connectivity index is 2.03. The molecule has 3 aromatic rings. The Morgan fingerprint density at radius 3 is 2.58 bits per heavy atom. The lowest BCUT2D eigenvalue weighted by Gasteiger charge is -2.07. The molecule has 2 heterocycles. The number of rotatable bonds is 4. The summed E-state index contributed by atoms with van der Waals surface area (Å²) in [6, 6.07) is 8.67. The Hall–Kier alpha value is -3.42. The minimum Gasteiger partial charge on any atom is -0.504 e. The van der Waals surface area contributed by atoms with Gasteiger partial charge in [0, 0.05) is 12.6 Å². The standard InChI is InChI=1S/C18H18N4O4/c1-4-26-18(25)13-14(23)12-16(22(13)3)19-10(2)15(20-12)21-17(24)11-8-6-5-7-9-11/h5-9,23H,4H2,1-3H3,(H,20,21,24). The second kappa shape index (κ2) is 6.83. The number of carbonyl (C=O) groups is 2. The maximum atomic E-state index is 12.3. The monoisotopic (exact) mass is 354 g/mol. The minimum absolute atomic E-state index is 0.0345. The summed E-state index contributed by atoms with van der Waals surface area (Å²) in [5, 5.41) is 13.1. The number of ether oxygens (including phenoxy) is 1. The number of benzene rings is 1. The minimum atomic E-state index is -0.667. The van der Waals surface area contributed by atoms with Gasteiger partial charge in [0.15, 0.2) is 28.4 Å². The third kappa shape index (κ3) is 2.97. The molecule has 0 aliphatic carbocycles. The van der Waals surface area contributed by atoms with Crippen LogP contribution in [0.1, 0.15) is 33.5 Å². The molecule has 0 aliphatic heterocycles. The fourth-order valence-electron chi connectivity index (χ4n) is 2.60. The van der Waals surface area contributed by atoms with Gasteiger partial charge in [0.2, 0.25) is 0 Å². The number of hydrogen-bond donors (Lipinski definition) is 2. The van der Waals surface area contributed by atoms with Crippen LogP contribution in [0.15, 0.2) is 30.3 Å². The van der Waals surface area contributed by atoms with E-state index in [9.17, 15) is 14.7 Å². The van der Waals surface area contributed by atoms with Crippen molar-refractivity contribution in [2.24, 2.45) is 7.05 Å². The van der Waals surface area contributed by atoms with Crippen LogP contribution in [0.3, 0.4) is 0 Å². The fraction of sp³-hybridized carbons (Fsp3) is 0.222. The zero-order chi connectivity index (χ0) is 18.8. The maximum absolute atomic E-state index is 12.3. The topological polar surface area (TPSA) is 106 Å². The van der Waals surface area contributed by atoms with E-state index in [4.69, 9.17) is 4.74 Å². The lowest BCUT2D eigenvalue weighted by molar-refractivity contribution is 0.0512. The van der Waals surface area contributed by atoms with E-state index < -0.39 is 5.97 Å². The summed E-state index contributed by atoms with van der Waals surface area (Å²) in [7, 11) is 1.59. The molecule has 1 aromatic carbocycles. The number of hydrogen-bond acceptors (Lipinski definition) is 6. The van der Waals surface area contributed by atoms with Crippen molar-refractivity contribution >= 4 is 28.9 Å². The second-order valence-corrected chi connectivity index (χ2v) is 5.63. The highest BCUT2D eigenvalue weighted by molar-refractivity contribution is 6.05. The summed E-state index contributed by atoms with van der Waals surface area (Å²) < 4.78 is 6.38. The van der Waals surface area contributed by atoms with Crippen LogP contribution in [0, 0.1) is 6.92 Å². The van der Waals surface area contributed by atoms with E-state index in [0.29, 0.717) is 16.9 Å².